The largest absolute Gasteiger partial charge is 0.467 e. The average molecular weight is 413 g/mol. The Morgan fingerprint density at radius 3 is 2.73 bits per heavy atom. The summed E-state index contributed by atoms with van der Waals surface area (Å²) in [5.74, 6) is 2.42. The van der Waals surface area contributed by atoms with Crippen LogP contribution in [-0.2, 0) is 12.3 Å². The van der Waals surface area contributed by atoms with Gasteiger partial charge in [0, 0.05) is 16.7 Å². The van der Waals surface area contributed by atoms with Gasteiger partial charge in [-0.15, -0.1) is 10.2 Å². The number of fused-ring (bicyclic) bond motifs is 1. The molecule has 0 aliphatic carbocycles. The average Bonchev–Trinajstić information content (AvgIpc) is 3.42. The minimum absolute atomic E-state index is 0.580. The van der Waals surface area contributed by atoms with E-state index in [1.807, 2.05) is 36.4 Å². The fourth-order valence-corrected chi connectivity index (χ4v) is 4.26. The van der Waals surface area contributed by atoms with Gasteiger partial charge in [0.1, 0.15) is 5.76 Å². The van der Waals surface area contributed by atoms with Crippen LogP contribution < -0.4 is 0 Å². The standard InChI is InChI=1S/C24H20N4OS/c1-17-6-4-8-19(14-17)23-26-27-24(28(23)15-21-9-5-13-29-21)30-16-20-12-11-18-7-2-3-10-22(18)25-20/h2-14H,15-16H2,1H3. The van der Waals surface area contributed by atoms with Crippen LogP contribution in [0, 0.1) is 6.92 Å². The highest BCUT2D eigenvalue weighted by atomic mass is 32.2. The van der Waals surface area contributed by atoms with E-state index < -0.39 is 0 Å². The van der Waals surface area contributed by atoms with Crippen molar-refractivity contribution in [1.82, 2.24) is 19.7 Å². The predicted molar refractivity (Wildman–Crippen MR) is 119 cm³/mol. The molecule has 0 spiro atoms. The van der Waals surface area contributed by atoms with E-state index in [0.717, 1.165) is 44.7 Å². The topological polar surface area (TPSA) is 56.7 Å². The molecule has 0 bridgehead atoms. The van der Waals surface area contributed by atoms with Gasteiger partial charge in [0.25, 0.3) is 0 Å². The van der Waals surface area contributed by atoms with Crippen molar-refractivity contribution in [2.24, 2.45) is 0 Å². The van der Waals surface area contributed by atoms with Crippen LogP contribution in [-0.4, -0.2) is 19.7 Å². The highest BCUT2D eigenvalue weighted by Gasteiger charge is 2.16. The van der Waals surface area contributed by atoms with E-state index in [1.54, 1.807) is 18.0 Å². The molecule has 5 aromatic rings. The minimum Gasteiger partial charge on any atom is -0.467 e. The number of para-hydroxylation sites is 1. The number of thioether (sulfide) groups is 1. The van der Waals surface area contributed by atoms with E-state index in [2.05, 4.69) is 58.1 Å². The lowest BCUT2D eigenvalue weighted by molar-refractivity contribution is 0.485. The number of nitrogens with zero attached hydrogens (tertiary/aromatic N) is 4. The smallest absolute Gasteiger partial charge is 0.192 e. The molecule has 0 N–H and O–H groups in total. The van der Waals surface area contributed by atoms with E-state index in [-0.39, 0.29) is 0 Å². The second-order valence-electron chi connectivity index (χ2n) is 7.13. The Bertz CT molecular complexity index is 1290. The number of aromatic nitrogens is 4. The maximum absolute atomic E-state index is 5.59. The molecule has 0 unspecified atom stereocenters. The van der Waals surface area contributed by atoms with E-state index in [1.165, 1.54) is 5.56 Å². The van der Waals surface area contributed by atoms with Gasteiger partial charge in [-0.3, -0.25) is 9.55 Å². The van der Waals surface area contributed by atoms with Crippen molar-refractivity contribution >= 4 is 22.7 Å². The lowest BCUT2D eigenvalue weighted by Gasteiger charge is -2.09. The molecule has 0 amide bonds. The molecule has 0 fully saturated rings. The molecule has 3 aromatic heterocycles. The van der Waals surface area contributed by atoms with Crippen LogP contribution in [0.5, 0.6) is 0 Å². The van der Waals surface area contributed by atoms with Crippen molar-refractivity contribution in [1.29, 1.82) is 0 Å². The maximum Gasteiger partial charge on any atom is 0.192 e. The summed E-state index contributed by atoms with van der Waals surface area (Å²) in [6.07, 6.45) is 1.69. The third-order valence-electron chi connectivity index (χ3n) is 4.89. The Morgan fingerprint density at radius 2 is 1.87 bits per heavy atom. The van der Waals surface area contributed by atoms with Crippen LogP contribution in [0.15, 0.2) is 88.6 Å². The molecule has 5 rings (SSSR count). The first kappa shape index (κ1) is 18.6. The van der Waals surface area contributed by atoms with Crippen LogP contribution in [0.2, 0.25) is 0 Å². The van der Waals surface area contributed by atoms with Crippen molar-refractivity contribution in [3.05, 3.63) is 96.1 Å². The first-order valence-corrected chi connectivity index (χ1v) is 10.7. The molecule has 0 saturated heterocycles. The summed E-state index contributed by atoms with van der Waals surface area (Å²) < 4.78 is 7.70. The molecule has 0 radical (unpaired) electrons. The zero-order valence-electron chi connectivity index (χ0n) is 16.5. The summed E-state index contributed by atoms with van der Waals surface area (Å²) in [6, 6.07) is 24.5. The molecular formula is C24H20N4OS. The molecule has 5 nitrogen and oxygen atoms in total. The molecule has 0 aliphatic rings. The summed E-state index contributed by atoms with van der Waals surface area (Å²) in [4.78, 5) is 4.78. The van der Waals surface area contributed by atoms with E-state index in [9.17, 15) is 0 Å². The second kappa shape index (κ2) is 8.16. The highest BCUT2D eigenvalue weighted by molar-refractivity contribution is 7.98. The van der Waals surface area contributed by atoms with Crippen molar-refractivity contribution in [3.8, 4) is 11.4 Å². The molecule has 0 atom stereocenters. The Labute approximate surface area is 178 Å². The summed E-state index contributed by atoms with van der Waals surface area (Å²) in [5.41, 5.74) is 4.26. The van der Waals surface area contributed by atoms with Crippen LogP contribution in [0.25, 0.3) is 22.3 Å². The number of pyridine rings is 1. The van der Waals surface area contributed by atoms with Gasteiger partial charge in [-0.25, -0.2) is 0 Å². The highest BCUT2D eigenvalue weighted by Crippen LogP contribution is 2.28. The SMILES string of the molecule is Cc1cccc(-c2nnc(SCc3ccc4ccccc4n3)n2Cc2ccco2)c1. The molecule has 0 aliphatic heterocycles. The zero-order valence-corrected chi connectivity index (χ0v) is 17.3. The lowest BCUT2D eigenvalue weighted by Crippen LogP contribution is -2.03. The fourth-order valence-electron chi connectivity index (χ4n) is 3.42. The van der Waals surface area contributed by atoms with Crippen molar-refractivity contribution in [2.75, 3.05) is 0 Å². The first-order chi connectivity index (χ1) is 14.8. The van der Waals surface area contributed by atoms with Crippen LogP contribution in [0.4, 0.5) is 0 Å². The molecule has 2 aromatic carbocycles. The summed E-state index contributed by atoms with van der Waals surface area (Å²) >= 11 is 1.64. The normalized spacial score (nSPS) is 11.2. The molecule has 6 heteroatoms. The maximum atomic E-state index is 5.59. The Morgan fingerprint density at radius 1 is 0.933 bits per heavy atom. The van der Waals surface area contributed by atoms with Crippen molar-refractivity contribution < 1.29 is 4.42 Å². The third-order valence-corrected chi connectivity index (χ3v) is 5.89. The first-order valence-electron chi connectivity index (χ1n) is 9.76. The van der Waals surface area contributed by atoms with Crippen LogP contribution in [0.3, 0.4) is 0 Å². The number of aryl methyl sites for hydroxylation is 1. The van der Waals surface area contributed by atoms with E-state index in [4.69, 9.17) is 9.40 Å². The molecule has 3 heterocycles. The molecular weight excluding hydrogens is 392 g/mol. The zero-order chi connectivity index (χ0) is 20.3. The Balaban J connectivity index is 1.46. The van der Waals surface area contributed by atoms with Gasteiger partial charge in [-0.2, -0.15) is 0 Å². The Kier molecular flexibility index (Phi) is 5.07. The summed E-state index contributed by atoms with van der Waals surface area (Å²) in [7, 11) is 0. The number of hydrogen-bond acceptors (Lipinski definition) is 5. The fraction of sp³-hybridized carbons (Fsp3) is 0.125. The van der Waals surface area contributed by atoms with Gasteiger partial charge in [0.15, 0.2) is 11.0 Å². The third kappa shape index (κ3) is 3.86. The molecule has 30 heavy (non-hydrogen) atoms. The van der Waals surface area contributed by atoms with Crippen molar-refractivity contribution in [2.45, 2.75) is 24.4 Å². The number of hydrogen-bond donors (Lipinski definition) is 0. The molecule has 0 saturated carbocycles. The monoisotopic (exact) mass is 412 g/mol. The summed E-state index contributed by atoms with van der Waals surface area (Å²) in [6.45, 7) is 2.66. The van der Waals surface area contributed by atoms with E-state index in [0.29, 0.717) is 6.54 Å². The number of furan rings is 1. The lowest BCUT2D eigenvalue weighted by atomic mass is 10.1. The van der Waals surface area contributed by atoms with Crippen LogP contribution in [0.1, 0.15) is 17.0 Å². The van der Waals surface area contributed by atoms with Gasteiger partial charge in [-0.05, 0) is 37.3 Å². The van der Waals surface area contributed by atoms with Crippen LogP contribution >= 0.6 is 11.8 Å². The van der Waals surface area contributed by atoms with Gasteiger partial charge >= 0.3 is 0 Å². The molecule has 148 valence electrons. The second-order valence-corrected chi connectivity index (χ2v) is 8.07. The van der Waals surface area contributed by atoms with Gasteiger partial charge in [0.2, 0.25) is 0 Å². The van der Waals surface area contributed by atoms with E-state index >= 15 is 0 Å². The van der Waals surface area contributed by atoms with Crippen molar-refractivity contribution in [3.63, 3.8) is 0 Å². The van der Waals surface area contributed by atoms with Gasteiger partial charge in [-0.1, -0.05) is 59.8 Å². The minimum atomic E-state index is 0.580. The van der Waals surface area contributed by atoms with Gasteiger partial charge < -0.3 is 4.42 Å². The summed E-state index contributed by atoms with van der Waals surface area (Å²) in [5, 5.41) is 11.0. The quantitative estimate of drug-likeness (QED) is 0.333. The predicted octanol–water partition coefficient (Wildman–Crippen LogP) is 5.74. The number of benzene rings is 2. The number of rotatable bonds is 6. The van der Waals surface area contributed by atoms with Gasteiger partial charge in [0.05, 0.1) is 24.0 Å². The Hall–Kier alpha value is -3.38.